The van der Waals surface area contributed by atoms with E-state index in [2.05, 4.69) is 20.3 Å². The number of rotatable bonds is 4. The van der Waals surface area contributed by atoms with Crippen LogP contribution in [0.15, 0.2) is 30.6 Å². The third kappa shape index (κ3) is 4.28. The molecule has 24 heavy (non-hydrogen) atoms. The number of carbonyl (C=O) groups excluding carboxylic acids is 1. The Morgan fingerprint density at radius 1 is 1.33 bits per heavy atom. The molecule has 1 atom stereocenters. The Kier molecular flexibility index (Phi) is 5.03. The Morgan fingerprint density at radius 3 is 3.00 bits per heavy atom. The molecule has 1 aliphatic heterocycles. The third-order valence-electron chi connectivity index (χ3n) is 4.33. The van der Waals surface area contributed by atoms with Crippen molar-refractivity contribution in [3.8, 4) is 0 Å². The van der Waals surface area contributed by atoms with Gasteiger partial charge in [0.05, 0.1) is 0 Å². The second-order valence-corrected chi connectivity index (χ2v) is 6.36. The molecule has 0 spiro atoms. The van der Waals surface area contributed by atoms with E-state index in [1.165, 1.54) is 0 Å². The molecule has 1 amide bonds. The van der Waals surface area contributed by atoms with Crippen LogP contribution in [0.5, 0.6) is 0 Å². The summed E-state index contributed by atoms with van der Waals surface area (Å²) in [4.78, 5) is 26.6. The first-order valence-corrected chi connectivity index (χ1v) is 8.37. The van der Waals surface area contributed by atoms with Crippen LogP contribution in [-0.2, 0) is 11.2 Å². The first kappa shape index (κ1) is 16.4. The number of aromatic nitrogens is 3. The maximum atomic E-state index is 11.6. The lowest BCUT2D eigenvalue weighted by atomic mass is 9.93. The van der Waals surface area contributed by atoms with Crippen molar-refractivity contribution in [2.75, 3.05) is 18.4 Å². The van der Waals surface area contributed by atoms with E-state index in [1.54, 1.807) is 13.3 Å². The molecule has 2 aromatic heterocycles. The number of nitrogens with one attached hydrogen (secondary N) is 1. The highest BCUT2D eigenvalue weighted by Gasteiger charge is 2.22. The average Bonchev–Trinajstić information content (AvgIpc) is 2.55. The number of anilines is 2. The monoisotopic (exact) mass is 325 g/mol. The lowest BCUT2D eigenvalue weighted by Crippen LogP contribution is -2.39. The summed E-state index contributed by atoms with van der Waals surface area (Å²) in [6.07, 6.45) is 4.64. The molecular weight excluding hydrogens is 302 g/mol. The van der Waals surface area contributed by atoms with Crippen LogP contribution in [0.1, 0.15) is 31.2 Å². The molecule has 1 N–H and O–H groups in total. The quantitative estimate of drug-likeness (QED) is 0.936. The van der Waals surface area contributed by atoms with Crippen molar-refractivity contribution in [1.82, 2.24) is 19.9 Å². The topological polar surface area (TPSA) is 71.0 Å². The minimum atomic E-state index is 0.162. The van der Waals surface area contributed by atoms with Gasteiger partial charge in [-0.05, 0) is 44.2 Å². The van der Waals surface area contributed by atoms with E-state index in [0.717, 1.165) is 55.4 Å². The van der Waals surface area contributed by atoms with Crippen LogP contribution in [0.4, 0.5) is 11.6 Å². The molecule has 0 bridgehead atoms. The molecule has 0 saturated carbocycles. The van der Waals surface area contributed by atoms with E-state index in [-0.39, 0.29) is 5.91 Å². The van der Waals surface area contributed by atoms with Crippen LogP contribution in [0.2, 0.25) is 0 Å². The SMILES string of the molecule is CC(=O)N1CCC[C@H](Cc2cc(Nc3cccc(C)n3)ncn2)C1. The normalized spacial score (nSPS) is 17.6. The first-order chi connectivity index (χ1) is 11.6. The van der Waals surface area contributed by atoms with E-state index < -0.39 is 0 Å². The Balaban J connectivity index is 1.66. The highest BCUT2D eigenvalue weighted by Crippen LogP contribution is 2.21. The maximum absolute atomic E-state index is 11.6. The van der Waals surface area contributed by atoms with Crippen LogP contribution >= 0.6 is 0 Å². The van der Waals surface area contributed by atoms with Gasteiger partial charge in [-0.3, -0.25) is 4.79 Å². The van der Waals surface area contributed by atoms with E-state index in [0.29, 0.717) is 5.92 Å². The molecule has 3 heterocycles. The number of carbonyl (C=O) groups is 1. The van der Waals surface area contributed by atoms with Gasteiger partial charge in [-0.1, -0.05) is 6.07 Å². The molecule has 0 aliphatic carbocycles. The molecule has 1 fully saturated rings. The Hall–Kier alpha value is -2.50. The summed E-state index contributed by atoms with van der Waals surface area (Å²) in [7, 11) is 0. The minimum absolute atomic E-state index is 0.162. The molecule has 0 aromatic carbocycles. The summed E-state index contributed by atoms with van der Waals surface area (Å²) in [5.74, 6) is 2.15. The molecule has 3 rings (SSSR count). The molecular formula is C18H23N5O. The predicted octanol–water partition coefficient (Wildman–Crippen LogP) is 2.72. The second kappa shape index (κ2) is 7.38. The number of nitrogens with zero attached hydrogens (tertiary/aromatic N) is 4. The number of hydrogen-bond donors (Lipinski definition) is 1. The molecule has 126 valence electrons. The number of likely N-dealkylation sites (tertiary alicyclic amines) is 1. The van der Waals surface area contributed by atoms with Crippen molar-refractivity contribution in [2.24, 2.45) is 5.92 Å². The van der Waals surface area contributed by atoms with Crippen LogP contribution in [0.3, 0.4) is 0 Å². The fraction of sp³-hybridized carbons (Fsp3) is 0.444. The van der Waals surface area contributed by atoms with E-state index >= 15 is 0 Å². The zero-order chi connectivity index (χ0) is 16.9. The standard InChI is InChI=1S/C18H23N5O/c1-13-5-3-7-17(21-13)22-18-10-16(19-12-20-18)9-15-6-4-8-23(11-15)14(2)24/h3,5,7,10,12,15H,4,6,8-9,11H2,1-2H3,(H,19,20,21,22)/t15-/m1/s1. The number of piperidine rings is 1. The van der Waals surface area contributed by atoms with E-state index in [1.807, 2.05) is 36.1 Å². The Bertz CT molecular complexity index is 718. The maximum Gasteiger partial charge on any atom is 0.219 e. The fourth-order valence-electron chi connectivity index (χ4n) is 3.13. The third-order valence-corrected chi connectivity index (χ3v) is 4.33. The summed E-state index contributed by atoms with van der Waals surface area (Å²) in [6.45, 7) is 5.30. The second-order valence-electron chi connectivity index (χ2n) is 6.36. The zero-order valence-electron chi connectivity index (χ0n) is 14.2. The highest BCUT2D eigenvalue weighted by molar-refractivity contribution is 5.73. The van der Waals surface area contributed by atoms with Gasteiger partial charge in [-0.15, -0.1) is 0 Å². The van der Waals surface area contributed by atoms with Crippen LogP contribution in [0.25, 0.3) is 0 Å². The first-order valence-electron chi connectivity index (χ1n) is 8.37. The van der Waals surface area contributed by atoms with Crippen LogP contribution in [0, 0.1) is 12.8 Å². The smallest absolute Gasteiger partial charge is 0.219 e. The van der Waals surface area contributed by atoms with E-state index in [9.17, 15) is 4.79 Å². The Labute approximate surface area is 142 Å². The number of aryl methyl sites for hydroxylation is 1. The van der Waals surface area contributed by atoms with Crippen LogP contribution < -0.4 is 5.32 Å². The van der Waals surface area contributed by atoms with E-state index in [4.69, 9.17) is 0 Å². The minimum Gasteiger partial charge on any atom is -0.343 e. The zero-order valence-corrected chi connectivity index (χ0v) is 14.2. The van der Waals surface area contributed by atoms with Gasteiger partial charge in [-0.25, -0.2) is 15.0 Å². The van der Waals surface area contributed by atoms with Gasteiger partial charge in [0.15, 0.2) is 0 Å². The number of hydrogen-bond acceptors (Lipinski definition) is 5. The summed E-state index contributed by atoms with van der Waals surface area (Å²) < 4.78 is 0. The molecule has 6 nitrogen and oxygen atoms in total. The van der Waals surface area contributed by atoms with Gasteiger partial charge >= 0.3 is 0 Å². The van der Waals surface area contributed by atoms with Crippen molar-refractivity contribution in [3.05, 3.63) is 42.0 Å². The molecule has 1 saturated heterocycles. The van der Waals surface area contributed by atoms with Crippen molar-refractivity contribution >= 4 is 17.5 Å². The Morgan fingerprint density at radius 2 is 2.21 bits per heavy atom. The summed E-state index contributed by atoms with van der Waals surface area (Å²) in [5, 5.41) is 3.22. The van der Waals surface area contributed by atoms with Gasteiger partial charge in [0.25, 0.3) is 0 Å². The van der Waals surface area contributed by atoms with Gasteiger partial charge < -0.3 is 10.2 Å². The summed E-state index contributed by atoms with van der Waals surface area (Å²) >= 11 is 0. The lowest BCUT2D eigenvalue weighted by Gasteiger charge is -2.31. The highest BCUT2D eigenvalue weighted by atomic mass is 16.2. The van der Waals surface area contributed by atoms with Crippen molar-refractivity contribution in [1.29, 1.82) is 0 Å². The average molecular weight is 325 g/mol. The van der Waals surface area contributed by atoms with Gasteiger partial charge in [0.2, 0.25) is 5.91 Å². The molecule has 0 unspecified atom stereocenters. The molecule has 2 aromatic rings. The summed E-state index contributed by atoms with van der Waals surface area (Å²) in [6, 6.07) is 7.81. The molecule has 1 aliphatic rings. The van der Waals surface area contributed by atoms with Crippen molar-refractivity contribution in [3.63, 3.8) is 0 Å². The van der Waals surface area contributed by atoms with Crippen LogP contribution in [-0.4, -0.2) is 38.8 Å². The van der Waals surface area contributed by atoms with Gasteiger partial charge in [-0.2, -0.15) is 0 Å². The number of amides is 1. The molecule has 6 heteroatoms. The largest absolute Gasteiger partial charge is 0.343 e. The van der Waals surface area contributed by atoms with Gasteiger partial charge in [0.1, 0.15) is 18.0 Å². The van der Waals surface area contributed by atoms with Gasteiger partial charge in [0, 0.05) is 37.5 Å². The fourth-order valence-corrected chi connectivity index (χ4v) is 3.13. The summed E-state index contributed by atoms with van der Waals surface area (Å²) in [5.41, 5.74) is 1.95. The molecule has 0 radical (unpaired) electrons. The van der Waals surface area contributed by atoms with Crippen molar-refractivity contribution in [2.45, 2.75) is 33.1 Å². The van der Waals surface area contributed by atoms with Crippen molar-refractivity contribution < 1.29 is 4.79 Å². The predicted molar refractivity (Wildman–Crippen MR) is 93.0 cm³/mol. The number of pyridine rings is 1. The lowest BCUT2D eigenvalue weighted by molar-refractivity contribution is -0.130.